The van der Waals surface area contributed by atoms with Gasteiger partial charge in [0.15, 0.2) is 0 Å². The second kappa shape index (κ2) is 5.21. The van der Waals surface area contributed by atoms with Gasteiger partial charge in [-0.2, -0.15) is 0 Å². The lowest BCUT2D eigenvalue weighted by Gasteiger charge is -2.05. The molecule has 0 saturated carbocycles. The molecule has 0 fully saturated rings. The molecule has 19 heavy (non-hydrogen) atoms. The molecular weight excluding hydrogens is 256 g/mol. The van der Waals surface area contributed by atoms with Crippen LogP contribution in [0.15, 0.2) is 66.9 Å². The lowest BCUT2D eigenvalue weighted by molar-refractivity contribution is 1.31. The maximum absolute atomic E-state index is 5.93. The third-order valence-corrected chi connectivity index (χ3v) is 3.04. The van der Waals surface area contributed by atoms with Crippen LogP contribution in [0.4, 0.5) is 0 Å². The molecular formula is C16H11ClN2. The number of pyridine rings is 2. The standard InChI is InChI=1S/C16H11ClN2/c17-16-9-4-8-15(19-16)13-6-3-5-12(11-13)14-7-1-2-10-18-14/h1-11H. The molecule has 0 bridgehead atoms. The monoisotopic (exact) mass is 266 g/mol. The Labute approximate surface area is 116 Å². The number of hydrogen-bond donors (Lipinski definition) is 0. The van der Waals surface area contributed by atoms with Gasteiger partial charge in [0.25, 0.3) is 0 Å². The highest BCUT2D eigenvalue weighted by Gasteiger charge is 2.03. The molecule has 92 valence electrons. The minimum Gasteiger partial charge on any atom is -0.256 e. The molecule has 2 nitrogen and oxygen atoms in total. The van der Waals surface area contributed by atoms with Gasteiger partial charge in [-0.3, -0.25) is 4.98 Å². The molecule has 0 atom stereocenters. The van der Waals surface area contributed by atoms with Crippen molar-refractivity contribution in [3.63, 3.8) is 0 Å². The summed E-state index contributed by atoms with van der Waals surface area (Å²) < 4.78 is 0. The van der Waals surface area contributed by atoms with E-state index in [4.69, 9.17) is 11.6 Å². The van der Waals surface area contributed by atoms with Gasteiger partial charge in [-0.15, -0.1) is 0 Å². The van der Waals surface area contributed by atoms with Crippen molar-refractivity contribution < 1.29 is 0 Å². The van der Waals surface area contributed by atoms with Crippen LogP contribution < -0.4 is 0 Å². The first-order chi connectivity index (χ1) is 9.33. The van der Waals surface area contributed by atoms with Crippen molar-refractivity contribution in [2.45, 2.75) is 0 Å². The van der Waals surface area contributed by atoms with Crippen LogP contribution in [0, 0.1) is 0 Å². The molecule has 2 heterocycles. The molecule has 2 aromatic heterocycles. The van der Waals surface area contributed by atoms with E-state index in [0.717, 1.165) is 22.5 Å². The Morgan fingerprint density at radius 1 is 0.737 bits per heavy atom. The summed E-state index contributed by atoms with van der Waals surface area (Å²) in [7, 11) is 0. The summed E-state index contributed by atoms with van der Waals surface area (Å²) >= 11 is 5.93. The van der Waals surface area contributed by atoms with Gasteiger partial charge in [0.2, 0.25) is 0 Å². The summed E-state index contributed by atoms with van der Waals surface area (Å²) in [6.45, 7) is 0. The first-order valence-electron chi connectivity index (χ1n) is 5.97. The van der Waals surface area contributed by atoms with Gasteiger partial charge in [-0.25, -0.2) is 4.98 Å². The number of rotatable bonds is 2. The van der Waals surface area contributed by atoms with E-state index in [-0.39, 0.29) is 0 Å². The molecule has 0 amide bonds. The lowest BCUT2D eigenvalue weighted by atomic mass is 10.1. The normalized spacial score (nSPS) is 10.4. The summed E-state index contributed by atoms with van der Waals surface area (Å²) in [6.07, 6.45) is 1.79. The fraction of sp³-hybridized carbons (Fsp3) is 0. The van der Waals surface area contributed by atoms with Gasteiger partial charge in [0.05, 0.1) is 11.4 Å². The zero-order chi connectivity index (χ0) is 13.1. The van der Waals surface area contributed by atoms with E-state index >= 15 is 0 Å². The number of hydrogen-bond acceptors (Lipinski definition) is 2. The van der Waals surface area contributed by atoms with Crippen molar-refractivity contribution in [2.24, 2.45) is 0 Å². The topological polar surface area (TPSA) is 25.8 Å². The Balaban J connectivity index is 2.06. The molecule has 0 aliphatic rings. The molecule has 0 N–H and O–H groups in total. The molecule has 0 aliphatic carbocycles. The zero-order valence-corrected chi connectivity index (χ0v) is 10.9. The fourth-order valence-electron chi connectivity index (χ4n) is 1.94. The summed E-state index contributed by atoms with van der Waals surface area (Å²) in [5.41, 5.74) is 3.92. The molecule has 0 saturated heterocycles. The summed E-state index contributed by atoms with van der Waals surface area (Å²) in [6, 6.07) is 19.6. The SMILES string of the molecule is Clc1cccc(-c2cccc(-c3ccccn3)c2)n1. The van der Waals surface area contributed by atoms with Crippen LogP contribution in [0.1, 0.15) is 0 Å². The van der Waals surface area contributed by atoms with E-state index in [9.17, 15) is 0 Å². The molecule has 3 heteroatoms. The number of aromatic nitrogens is 2. The van der Waals surface area contributed by atoms with Crippen molar-refractivity contribution in [3.05, 3.63) is 72.0 Å². The van der Waals surface area contributed by atoms with E-state index < -0.39 is 0 Å². The van der Waals surface area contributed by atoms with Gasteiger partial charge in [0.1, 0.15) is 5.15 Å². The van der Waals surface area contributed by atoms with Crippen LogP contribution in [-0.2, 0) is 0 Å². The first kappa shape index (κ1) is 11.9. The smallest absolute Gasteiger partial charge is 0.129 e. The van der Waals surface area contributed by atoms with Crippen molar-refractivity contribution in [1.82, 2.24) is 9.97 Å². The highest BCUT2D eigenvalue weighted by atomic mass is 35.5. The quantitative estimate of drug-likeness (QED) is 0.640. The van der Waals surface area contributed by atoms with Gasteiger partial charge >= 0.3 is 0 Å². The van der Waals surface area contributed by atoms with Crippen LogP contribution in [0.2, 0.25) is 5.15 Å². The van der Waals surface area contributed by atoms with E-state index in [1.54, 1.807) is 12.3 Å². The Hall–Kier alpha value is -2.19. The molecule has 0 spiro atoms. The Kier molecular flexibility index (Phi) is 3.25. The maximum atomic E-state index is 5.93. The van der Waals surface area contributed by atoms with Crippen LogP contribution in [0.5, 0.6) is 0 Å². The average molecular weight is 267 g/mol. The average Bonchev–Trinajstić information content (AvgIpc) is 2.48. The first-order valence-corrected chi connectivity index (χ1v) is 6.35. The summed E-state index contributed by atoms with van der Waals surface area (Å²) in [5, 5.41) is 0.501. The highest BCUT2D eigenvalue weighted by Crippen LogP contribution is 2.24. The molecule has 0 radical (unpaired) electrons. The maximum Gasteiger partial charge on any atom is 0.129 e. The highest BCUT2D eigenvalue weighted by molar-refractivity contribution is 6.29. The predicted octanol–water partition coefficient (Wildman–Crippen LogP) is 4.46. The van der Waals surface area contributed by atoms with Gasteiger partial charge < -0.3 is 0 Å². The zero-order valence-electron chi connectivity index (χ0n) is 10.1. The van der Waals surface area contributed by atoms with Crippen molar-refractivity contribution in [1.29, 1.82) is 0 Å². The van der Waals surface area contributed by atoms with E-state index in [2.05, 4.69) is 16.0 Å². The van der Waals surface area contributed by atoms with Gasteiger partial charge in [-0.05, 0) is 30.3 Å². The predicted molar refractivity (Wildman–Crippen MR) is 77.9 cm³/mol. The van der Waals surface area contributed by atoms with Gasteiger partial charge in [-0.1, -0.05) is 41.9 Å². The second-order valence-electron chi connectivity index (χ2n) is 4.14. The van der Waals surface area contributed by atoms with Crippen LogP contribution in [0.25, 0.3) is 22.5 Å². The summed E-state index contributed by atoms with van der Waals surface area (Å²) in [4.78, 5) is 8.68. The lowest BCUT2D eigenvalue weighted by Crippen LogP contribution is -1.86. The summed E-state index contributed by atoms with van der Waals surface area (Å²) in [5.74, 6) is 0. The Morgan fingerprint density at radius 3 is 2.21 bits per heavy atom. The largest absolute Gasteiger partial charge is 0.256 e. The number of nitrogens with zero attached hydrogens (tertiary/aromatic N) is 2. The Morgan fingerprint density at radius 2 is 1.47 bits per heavy atom. The molecule has 3 aromatic rings. The molecule has 1 aromatic carbocycles. The van der Waals surface area contributed by atoms with Gasteiger partial charge in [0, 0.05) is 17.3 Å². The second-order valence-corrected chi connectivity index (χ2v) is 4.53. The molecule has 0 unspecified atom stereocenters. The van der Waals surface area contributed by atoms with E-state index in [1.165, 1.54) is 0 Å². The van der Waals surface area contributed by atoms with E-state index in [1.807, 2.05) is 48.5 Å². The fourth-order valence-corrected chi connectivity index (χ4v) is 2.10. The molecule has 3 rings (SSSR count). The van der Waals surface area contributed by atoms with Crippen LogP contribution >= 0.6 is 11.6 Å². The third kappa shape index (κ3) is 2.64. The Bertz CT molecular complexity index is 696. The van der Waals surface area contributed by atoms with E-state index in [0.29, 0.717) is 5.15 Å². The van der Waals surface area contributed by atoms with Crippen LogP contribution in [0.3, 0.4) is 0 Å². The van der Waals surface area contributed by atoms with Crippen LogP contribution in [-0.4, -0.2) is 9.97 Å². The number of benzene rings is 1. The van der Waals surface area contributed by atoms with Crippen molar-refractivity contribution >= 4 is 11.6 Å². The molecule has 0 aliphatic heterocycles. The van der Waals surface area contributed by atoms with Crippen molar-refractivity contribution in [2.75, 3.05) is 0 Å². The van der Waals surface area contributed by atoms with Crippen molar-refractivity contribution in [3.8, 4) is 22.5 Å². The third-order valence-electron chi connectivity index (χ3n) is 2.83. The minimum absolute atomic E-state index is 0.501. The minimum atomic E-state index is 0.501. The number of halogens is 1.